The summed E-state index contributed by atoms with van der Waals surface area (Å²) in [4.78, 5) is 12.1. The molecule has 0 atom stereocenters. The third-order valence-electron chi connectivity index (χ3n) is 4.07. The van der Waals surface area contributed by atoms with Gasteiger partial charge in [0.25, 0.3) is 0 Å². The molecule has 0 saturated heterocycles. The minimum Gasteiger partial charge on any atom is -0.489 e. The molecule has 0 heterocycles. The predicted octanol–water partition coefficient (Wildman–Crippen LogP) is 3.00. The van der Waals surface area contributed by atoms with E-state index in [1.165, 1.54) is 0 Å². The van der Waals surface area contributed by atoms with Crippen LogP contribution in [0.25, 0.3) is 0 Å². The molecule has 1 aliphatic rings. The van der Waals surface area contributed by atoms with E-state index in [0.717, 1.165) is 35.4 Å². The molecule has 114 valence electrons. The third kappa shape index (κ3) is 3.12. The number of nitrogens with one attached hydrogen (secondary N) is 1. The van der Waals surface area contributed by atoms with Crippen molar-refractivity contribution in [2.45, 2.75) is 31.9 Å². The SMILES string of the molecule is Cc1c(COc2ccccc2)cccc1NC(=O)C1(N)CC1. The van der Waals surface area contributed by atoms with Crippen LogP contribution < -0.4 is 15.8 Å². The summed E-state index contributed by atoms with van der Waals surface area (Å²) in [7, 11) is 0. The molecule has 1 fully saturated rings. The number of carbonyl (C=O) groups excluding carboxylic acids is 1. The number of carbonyl (C=O) groups is 1. The summed E-state index contributed by atoms with van der Waals surface area (Å²) in [6.07, 6.45) is 1.52. The Morgan fingerprint density at radius 2 is 1.91 bits per heavy atom. The Balaban J connectivity index is 1.70. The highest BCUT2D eigenvalue weighted by molar-refractivity contribution is 6.00. The van der Waals surface area contributed by atoms with Gasteiger partial charge in [0, 0.05) is 5.69 Å². The second-order valence-corrected chi connectivity index (χ2v) is 5.80. The molecule has 0 aromatic heterocycles. The van der Waals surface area contributed by atoms with Crippen LogP contribution in [0.2, 0.25) is 0 Å². The van der Waals surface area contributed by atoms with Crippen molar-refractivity contribution in [1.29, 1.82) is 0 Å². The van der Waals surface area contributed by atoms with Crippen LogP contribution >= 0.6 is 0 Å². The molecule has 4 heteroatoms. The molecule has 3 N–H and O–H groups in total. The molecule has 3 rings (SSSR count). The number of benzene rings is 2. The number of ether oxygens (including phenoxy) is 1. The second-order valence-electron chi connectivity index (χ2n) is 5.80. The Hall–Kier alpha value is -2.33. The molecular weight excluding hydrogens is 276 g/mol. The summed E-state index contributed by atoms with van der Waals surface area (Å²) in [5.41, 5.74) is 8.12. The maximum absolute atomic E-state index is 12.1. The fourth-order valence-corrected chi connectivity index (χ4v) is 2.26. The van der Waals surface area contributed by atoms with Crippen molar-refractivity contribution < 1.29 is 9.53 Å². The number of hydrogen-bond acceptors (Lipinski definition) is 3. The average molecular weight is 296 g/mol. The van der Waals surface area contributed by atoms with E-state index in [1.807, 2.05) is 55.5 Å². The van der Waals surface area contributed by atoms with Gasteiger partial charge in [0.2, 0.25) is 5.91 Å². The number of amides is 1. The third-order valence-corrected chi connectivity index (χ3v) is 4.07. The summed E-state index contributed by atoms with van der Waals surface area (Å²) in [6, 6.07) is 15.5. The zero-order chi connectivity index (χ0) is 15.6. The number of para-hydroxylation sites is 1. The van der Waals surface area contributed by atoms with Crippen LogP contribution in [0.3, 0.4) is 0 Å². The van der Waals surface area contributed by atoms with Crippen LogP contribution in [0, 0.1) is 6.92 Å². The number of nitrogens with two attached hydrogens (primary N) is 1. The highest BCUT2D eigenvalue weighted by atomic mass is 16.5. The Kier molecular flexibility index (Phi) is 3.86. The monoisotopic (exact) mass is 296 g/mol. The van der Waals surface area contributed by atoms with Gasteiger partial charge in [0.1, 0.15) is 12.4 Å². The van der Waals surface area contributed by atoms with E-state index < -0.39 is 5.54 Å². The first kappa shape index (κ1) is 14.6. The maximum Gasteiger partial charge on any atom is 0.244 e. The topological polar surface area (TPSA) is 64.3 Å². The van der Waals surface area contributed by atoms with E-state index in [9.17, 15) is 4.79 Å². The molecule has 4 nitrogen and oxygen atoms in total. The number of anilines is 1. The summed E-state index contributed by atoms with van der Waals surface area (Å²) >= 11 is 0. The van der Waals surface area contributed by atoms with Crippen LogP contribution in [0.4, 0.5) is 5.69 Å². The minimum absolute atomic E-state index is 0.100. The summed E-state index contributed by atoms with van der Waals surface area (Å²) in [5, 5.41) is 2.93. The van der Waals surface area contributed by atoms with Crippen molar-refractivity contribution in [3.05, 3.63) is 59.7 Å². The molecule has 1 amide bonds. The Labute approximate surface area is 130 Å². The Morgan fingerprint density at radius 3 is 2.59 bits per heavy atom. The molecule has 1 aliphatic carbocycles. The van der Waals surface area contributed by atoms with E-state index in [1.54, 1.807) is 0 Å². The fourth-order valence-electron chi connectivity index (χ4n) is 2.26. The van der Waals surface area contributed by atoms with Crippen LogP contribution in [0.1, 0.15) is 24.0 Å². The molecule has 0 unspecified atom stereocenters. The van der Waals surface area contributed by atoms with Gasteiger partial charge >= 0.3 is 0 Å². The van der Waals surface area contributed by atoms with Gasteiger partial charge < -0.3 is 15.8 Å². The fraction of sp³-hybridized carbons (Fsp3) is 0.278. The van der Waals surface area contributed by atoms with Crippen LogP contribution in [0.5, 0.6) is 5.75 Å². The molecule has 22 heavy (non-hydrogen) atoms. The standard InChI is InChI=1S/C18H20N2O2/c1-13-14(12-22-15-7-3-2-4-8-15)6-5-9-16(13)20-17(21)18(19)10-11-18/h2-9H,10-12,19H2,1H3,(H,20,21). The first-order chi connectivity index (χ1) is 10.6. The van der Waals surface area contributed by atoms with Gasteiger partial charge in [0.15, 0.2) is 0 Å². The normalized spacial score (nSPS) is 15.2. The zero-order valence-electron chi connectivity index (χ0n) is 12.6. The van der Waals surface area contributed by atoms with Gasteiger partial charge in [-0.1, -0.05) is 30.3 Å². The predicted molar refractivity (Wildman–Crippen MR) is 86.7 cm³/mol. The van der Waals surface area contributed by atoms with Gasteiger partial charge in [0.05, 0.1) is 5.54 Å². The summed E-state index contributed by atoms with van der Waals surface area (Å²) in [6.45, 7) is 2.45. The molecule has 0 radical (unpaired) electrons. The lowest BCUT2D eigenvalue weighted by atomic mass is 10.1. The number of rotatable bonds is 5. The van der Waals surface area contributed by atoms with Gasteiger partial charge in [-0.15, -0.1) is 0 Å². The lowest BCUT2D eigenvalue weighted by Crippen LogP contribution is -2.38. The van der Waals surface area contributed by atoms with Crippen molar-refractivity contribution in [1.82, 2.24) is 0 Å². The average Bonchev–Trinajstić information content (AvgIpc) is 3.28. The molecule has 0 aliphatic heterocycles. The lowest BCUT2D eigenvalue weighted by Gasteiger charge is -2.15. The zero-order valence-corrected chi connectivity index (χ0v) is 12.6. The van der Waals surface area contributed by atoms with Crippen LogP contribution in [0.15, 0.2) is 48.5 Å². The molecule has 1 saturated carbocycles. The molecule has 2 aromatic rings. The second kappa shape index (κ2) is 5.81. The Bertz CT molecular complexity index is 679. The van der Waals surface area contributed by atoms with E-state index >= 15 is 0 Å². The van der Waals surface area contributed by atoms with E-state index in [2.05, 4.69) is 5.32 Å². The van der Waals surface area contributed by atoms with Crippen molar-refractivity contribution in [2.75, 3.05) is 5.32 Å². The lowest BCUT2D eigenvalue weighted by molar-refractivity contribution is -0.118. The molecule has 2 aromatic carbocycles. The van der Waals surface area contributed by atoms with E-state index in [4.69, 9.17) is 10.5 Å². The van der Waals surface area contributed by atoms with Crippen LogP contribution in [-0.2, 0) is 11.4 Å². The smallest absolute Gasteiger partial charge is 0.244 e. The molecular formula is C18H20N2O2. The van der Waals surface area contributed by atoms with E-state index in [-0.39, 0.29) is 5.91 Å². The van der Waals surface area contributed by atoms with Crippen molar-refractivity contribution in [3.8, 4) is 5.75 Å². The summed E-state index contributed by atoms with van der Waals surface area (Å²) < 4.78 is 5.78. The highest BCUT2D eigenvalue weighted by Gasteiger charge is 2.46. The van der Waals surface area contributed by atoms with Gasteiger partial charge in [-0.05, 0) is 49.1 Å². The van der Waals surface area contributed by atoms with Gasteiger partial charge in [-0.3, -0.25) is 4.79 Å². The first-order valence-electron chi connectivity index (χ1n) is 7.45. The maximum atomic E-state index is 12.1. The van der Waals surface area contributed by atoms with Crippen LogP contribution in [-0.4, -0.2) is 11.4 Å². The molecule has 0 spiro atoms. The highest BCUT2D eigenvalue weighted by Crippen LogP contribution is 2.34. The van der Waals surface area contributed by atoms with Crippen molar-refractivity contribution >= 4 is 11.6 Å². The largest absolute Gasteiger partial charge is 0.489 e. The number of hydrogen-bond donors (Lipinski definition) is 2. The minimum atomic E-state index is -0.664. The summed E-state index contributed by atoms with van der Waals surface area (Å²) in [5.74, 6) is 0.729. The first-order valence-corrected chi connectivity index (χ1v) is 7.45. The van der Waals surface area contributed by atoms with Gasteiger partial charge in [-0.25, -0.2) is 0 Å². The Morgan fingerprint density at radius 1 is 1.18 bits per heavy atom. The quantitative estimate of drug-likeness (QED) is 0.891. The van der Waals surface area contributed by atoms with Gasteiger partial charge in [-0.2, -0.15) is 0 Å². The van der Waals surface area contributed by atoms with Crippen molar-refractivity contribution in [3.63, 3.8) is 0 Å². The van der Waals surface area contributed by atoms with Crippen molar-refractivity contribution in [2.24, 2.45) is 5.73 Å². The van der Waals surface area contributed by atoms with E-state index in [0.29, 0.717) is 6.61 Å². The molecule has 0 bridgehead atoms.